The van der Waals surface area contributed by atoms with Crippen LogP contribution in [0.1, 0.15) is 10.4 Å². The van der Waals surface area contributed by atoms with Gasteiger partial charge < -0.3 is 10.2 Å². The Balaban J connectivity index is 0.000000179. The minimum absolute atomic E-state index is 0.506. The van der Waals surface area contributed by atoms with Crippen LogP contribution in [0.5, 0.6) is 0 Å². The molecule has 2 heterocycles. The van der Waals surface area contributed by atoms with Crippen molar-refractivity contribution in [2.75, 3.05) is 5.73 Å². The van der Waals surface area contributed by atoms with Crippen molar-refractivity contribution in [2.24, 2.45) is 0 Å². The number of carbonyl (C=O) groups excluding carboxylic acids is 1. The van der Waals surface area contributed by atoms with Crippen LogP contribution in [0.3, 0.4) is 0 Å². The second-order valence-corrected chi connectivity index (χ2v) is 4.96. The molecule has 0 aliphatic heterocycles. The number of fused-ring (bicyclic) bond motifs is 1. The third kappa shape index (κ3) is 3.47. The lowest BCUT2D eigenvalue weighted by Gasteiger charge is -1.98. The largest absolute Gasteiger partial charge is 0.418 e. The van der Waals surface area contributed by atoms with Crippen molar-refractivity contribution in [3.05, 3.63) is 78.5 Å². The molecule has 0 amide bonds. The summed E-state index contributed by atoms with van der Waals surface area (Å²) in [5.74, 6) is 0.506. The number of nitrogens with zero attached hydrogens (tertiary/aromatic N) is 2. The van der Waals surface area contributed by atoms with E-state index in [1.54, 1.807) is 18.3 Å². The number of hydrogen-bond donors (Lipinski definition) is 1. The van der Waals surface area contributed by atoms with E-state index in [1.807, 2.05) is 54.6 Å². The van der Waals surface area contributed by atoms with Crippen LogP contribution in [0.2, 0.25) is 0 Å². The van der Waals surface area contributed by atoms with Gasteiger partial charge in [0.15, 0.2) is 0 Å². The number of pyridine rings is 1. The molecule has 0 fully saturated rings. The second-order valence-electron chi connectivity index (χ2n) is 4.96. The average molecular weight is 317 g/mol. The SMILES string of the molecule is Nc1ccccc1-c1nc2cccnc2o1.O=Cc1ccccc1. The number of nitrogen functional groups attached to an aromatic ring is 1. The van der Waals surface area contributed by atoms with Crippen molar-refractivity contribution in [1.29, 1.82) is 0 Å². The quantitative estimate of drug-likeness (QED) is 0.447. The van der Waals surface area contributed by atoms with Crippen LogP contribution in [-0.2, 0) is 0 Å². The monoisotopic (exact) mass is 317 g/mol. The summed E-state index contributed by atoms with van der Waals surface area (Å²) in [6, 6.07) is 20.2. The molecule has 5 heteroatoms. The molecule has 0 aliphatic rings. The predicted molar refractivity (Wildman–Crippen MR) is 93.5 cm³/mol. The van der Waals surface area contributed by atoms with E-state index in [9.17, 15) is 4.79 Å². The average Bonchev–Trinajstić information content (AvgIpc) is 3.07. The molecule has 0 unspecified atom stereocenters. The first-order valence-corrected chi connectivity index (χ1v) is 7.34. The minimum Gasteiger partial charge on any atom is -0.418 e. The van der Waals surface area contributed by atoms with Crippen molar-refractivity contribution < 1.29 is 9.21 Å². The number of para-hydroxylation sites is 1. The van der Waals surface area contributed by atoms with E-state index in [1.165, 1.54) is 0 Å². The lowest BCUT2D eigenvalue weighted by atomic mass is 10.2. The summed E-state index contributed by atoms with van der Waals surface area (Å²) in [6.45, 7) is 0. The van der Waals surface area contributed by atoms with Crippen LogP contribution in [-0.4, -0.2) is 16.3 Å². The molecule has 0 saturated carbocycles. The standard InChI is InChI=1S/C12H9N3O.C7H6O/c13-9-5-2-1-4-8(9)11-15-10-6-3-7-14-12(10)16-11;8-6-7-4-2-1-3-5-7/h1-7H,13H2;1-6H. The Bertz CT molecular complexity index is 916. The third-order valence-electron chi connectivity index (χ3n) is 3.29. The Morgan fingerprint density at radius 2 is 1.67 bits per heavy atom. The van der Waals surface area contributed by atoms with Crippen molar-refractivity contribution >= 4 is 23.2 Å². The highest BCUT2D eigenvalue weighted by atomic mass is 16.4. The molecule has 0 atom stereocenters. The molecule has 0 spiro atoms. The van der Waals surface area contributed by atoms with Gasteiger partial charge in [-0.25, -0.2) is 9.97 Å². The van der Waals surface area contributed by atoms with Crippen LogP contribution in [0.25, 0.3) is 22.7 Å². The summed E-state index contributed by atoms with van der Waals surface area (Å²) in [4.78, 5) is 18.4. The van der Waals surface area contributed by atoms with Crippen molar-refractivity contribution in [3.8, 4) is 11.5 Å². The second kappa shape index (κ2) is 7.19. The number of hydrogen-bond acceptors (Lipinski definition) is 5. The van der Waals surface area contributed by atoms with E-state index in [0.29, 0.717) is 17.3 Å². The number of anilines is 1. The first kappa shape index (κ1) is 15.4. The minimum atomic E-state index is 0.506. The van der Waals surface area contributed by atoms with Crippen molar-refractivity contribution in [1.82, 2.24) is 9.97 Å². The lowest BCUT2D eigenvalue weighted by molar-refractivity contribution is 0.112. The van der Waals surface area contributed by atoms with Gasteiger partial charge in [-0.3, -0.25) is 4.79 Å². The van der Waals surface area contributed by atoms with Crippen LogP contribution in [0.4, 0.5) is 5.69 Å². The molecule has 0 radical (unpaired) electrons. The summed E-state index contributed by atoms with van der Waals surface area (Å²) in [7, 11) is 0. The van der Waals surface area contributed by atoms with Crippen LogP contribution in [0.15, 0.2) is 77.3 Å². The molecule has 118 valence electrons. The molecular formula is C19H15N3O2. The fourth-order valence-electron chi connectivity index (χ4n) is 2.11. The summed E-state index contributed by atoms with van der Waals surface area (Å²) < 4.78 is 5.53. The van der Waals surface area contributed by atoms with Crippen LogP contribution >= 0.6 is 0 Å². The van der Waals surface area contributed by atoms with E-state index in [-0.39, 0.29) is 0 Å². The summed E-state index contributed by atoms with van der Waals surface area (Å²) in [6.07, 6.45) is 2.51. The fourth-order valence-corrected chi connectivity index (χ4v) is 2.11. The maximum atomic E-state index is 10.0. The molecule has 0 saturated heterocycles. The van der Waals surface area contributed by atoms with Gasteiger partial charge in [0.1, 0.15) is 11.8 Å². The highest BCUT2D eigenvalue weighted by Gasteiger charge is 2.10. The van der Waals surface area contributed by atoms with Crippen molar-refractivity contribution in [2.45, 2.75) is 0 Å². The van der Waals surface area contributed by atoms with Crippen LogP contribution in [0, 0.1) is 0 Å². The number of aldehydes is 1. The van der Waals surface area contributed by atoms with Gasteiger partial charge in [-0.2, -0.15) is 0 Å². The van der Waals surface area contributed by atoms with E-state index in [0.717, 1.165) is 22.9 Å². The molecule has 2 N–H and O–H groups in total. The van der Waals surface area contributed by atoms with Gasteiger partial charge in [0.05, 0.1) is 5.56 Å². The number of nitrogens with two attached hydrogens (primary N) is 1. The van der Waals surface area contributed by atoms with Gasteiger partial charge in [0, 0.05) is 17.4 Å². The maximum Gasteiger partial charge on any atom is 0.247 e. The Morgan fingerprint density at radius 3 is 2.33 bits per heavy atom. The fraction of sp³-hybridized carbons (Fsp3) is 0. The van der Waals surface area contributed by atoms with Gasteiger partial charge in [-0.15, -0.1) is 0 Å². The summed E-state index contributed by atoms with van der Waals surface area (Å²) in [5.41, 5.74) is 9.29. The van der Waals surface area contributed by atoms with E-state index < -0.39 is 0 Å². The molecule has 4 aromatic rings. The molecule has 2 aromatic carbocycles. The zero-order valence-electron chi connectivity index (χ0n) is 12.8. The molecule has 24 heavy (non-hydrogen) atoms. The summed E-state index contributed by atoms with van der Waals surface area (Å²) >= 11 is 0. The van der Waals surface area contributed by atoms with Gasteiger partial charge >= 0.3 is 0 Å². The molecule has 4 rings (SSSR count). The Morgan fingerprint density at radius 1 is 0.917 bits per heavy atom. The van der Waals surface area contributed by atoms with Gasteiger partial charge in [-0.05, 0) is 24.3 Å². The Hall–Kier alpha value is -3.47. The molecular weight excluding hydrogens is 302 g/mol. The number of rotatable bonds is 2. The zero-order valence-corrected chi connectivity index (χ0v) is 12.8. The predicted octanol–water partition coefficient (Wildman–Crippen LogP) is 3.97. The van der Waals surface area contributed by atoms with E-state index in [4.69, 9.17) is 10.2 Å². The van der Waals surface area contributed by atoms with Gasteiger partial charge in [0.25, 0.3) is 0 Å². The lowest BCUT2D eigenvalue weighted by Crippen LogP contribution is -1.88. The van der Waals surface area contributed by atoms with Gasteiger partial charge in [0.2, 0.25) is 11.6 Å². The third-order valence-corrected chi connectivity index (χ3v) is 3.29. The number of oxazole rings is 1. The highest BCUT2D eigenvalue weighted by molar-refractivity contribution is 5.77. The highest BCUT2D eigenvalue weighted by Crippen LogP contribution is 2.27. The van der Waals surface area contributed by atoms with E-state index in [2.05, 4.69) is 9.97 Å². The topological polar surface area (TPSA) is 82.0 Å². The van der Waals surface area contributed by atoms with Crippen LogP contribution < -0.4 is 5.73 Å². The van der Waals surface area contributed by atoms with E-state index >= 15 is 0 Å². The van der Waals surface area contributed by atoms with Crippen molar-refractivity contribution in [3.63, 3.8) is 0 Å². The molecule has 2 aromatic heterocycles. The Labute approximate surface area is 138 Å². The van der Waals surface area contributed by atoms with Gasteiger partial charge in [-0.1, -0.05) is 42.5 Å². The summed E-state index contributed by atoms with van der Waals surface area (Å²) in [5, 5.41) is 0. The normalized spacial score (nSPS) is 10.0. The molecule has 0 bridgehead atoms. The zero-order chi connectivity index (χ0) is 16.8. The number of benzene rings is 2. The first-order chi connectivity index (χ1) is 11.8. The molecule has 5 nitrogen and oxygen atoms in total. The first-order valence-electron chi connectivity index (χ1n) is 7.34. The smallest absolute Gasteiger partial charge is 0.247 e. The Kier molecular flexibility index (Phi) is 4.62. The maximum absolute atomic E-state index is 10.0. The molecule has 0 aliphatic carbocycles. The number of carbonyl (C=O) groups is 1. The number of aromatic nitrogens is 2.